The molecule has 692 valence electrons. The summed E-state index contributed by atoms with van der Waals surface area (Å²) in [6.45, 7) is 0. The molecule has 0 fully saturated rings. The number of pyridine rings is 1. The maximum Gasteiger partial charge on any atom is 0.164 e. The van der Waals surface area contributed by atoms with Crippen molar-refractivity contribution in [3.05, 3.63) is 570 Å². The normalized spacial score (nSPS) is 17.6. The lowest BCUT2D eigenvalue weighted by molar-refractivity contribution is 0.375. The second-order valence-electron chi connectivity index (χ2n) is 39.7. The van der Waals surface area contributed by atoms with Gasteiger partial charge in [-0.1, -0.05) is 425 Å². The van der Waals surface area contributed by atoms with Gasteiger partial charge in [0.15, 0.2) is 17.5 Å². The van der Waals surface area contributed by atoms with Gasteiger partial charge in [-0.05, 0) is 173 Å². The predicted molar refractivity (Wildman–Crippen MR) is 591 cm³/mol. The SMILES string of the molecule is C1=CC2c3cc(-c4ccccc4-c4ccc(-c5cc(-c6ccc(-c7ccccc7)cc6)nc(-c6cccc7c6Oc6ccccc6C76c7ccccc7-c7ccccc76)n5)cc4)ccc3C3(c4ccccc4Oc4c(-c5nc(-c6ccccc6)cc(-c6cccc7cc(-c8cccc9c8C8C=CC=CC8C98c9ccccc9Oc9c(-c%10nc(-c%11ccccc%11)cc(-c%11ccccn%11)n%10)cccc98)ccc67)n5)cccc43)C2C=C1. The standard InChI is InChI=1S/C138H87N7O3/c1-4-33-84(34-5-1)85-66-70-89(71-67-85)120-81-121(141-133(140-120)103-48-30-59-116-130(103)146-126-63-23-20-55-112(126)136(116)107-51-16-12-42-98(107)99-43-13-17-52-108(99)136)90-72-68-86(69-73-90)94-40-10-11-41-95(94)93-75-77-111-106(80-93)100-44-14-18-53-109(100)137(111)113-56-21-24-64-127(113)147-131-104(49-31-60-117(131)137)134-142-122(87-35-6-2-7-36-87)82-124(144-134)101-47-28-39-91-79-92(74-76-96(91)101)97-46-29-58-115-129(97)102-45-15-19-54-110(102)138(115)114-57-22-25-65-128(114)148-132-105(50-32-61-118(132)138)135-143-123(88-37-8-3-9-38-88)83-125(145-135)119-62-26-27-78-139-119/h1-83,100,102,109-110H. The molecule has 10 heteroatoms. The molecule has 148 heavy (non-hydrogen) atoms. The fraction of sp³-hybridized carbons (Fsp3) is 0.0507. The van der Waals surface area contributed by atoms with E-state index >= 15 is 0 Å². The van der Waals surface area contributed by atoms with Crippen LogP contribution in [0.1, 0.15) is 78.6 Å². The maximum absolute atomic E-state index is 7.53. The number of para-hydroxylation sites is 6. The summed E-state index contributed by atoms with van der Waals surface area (Å²) in [5.74, 6) is 6.26. The molecular weight excluding hydrogens is 1800 g/mol. The van der Waals surface area contributed by atoms with Crippen molar-refractivity contribution < 1.29 is 14.2 Å². The Balaban J connectivity index is 0.511. The molecule has 7 heterocycles. The van der Waals surface area contributed by atoms with E-state index in [1.807, 2.05) is 48.7 Å². The van der Waals surface area contributed by atoms with Gasteiger partial charge in [-0.15, -0.1) is 0 Å². The number of nitrogens with zero attached hydrogens (tertiary/aromatic N) is 7. The van der Waals surface area contributed by atoms with E-state index in [2.05, 4.69) is 455 Å². The largest absolute Gasteiger partial charge is 0.456 e. The van der Waals surface area contributed by atoms with Crippen LogP contribution >= 0.6 is 0 Å². The minimum absolute atomic E-state index is 0.000369. The molecule has 3 spiro atoms. The van der Waals surface area contributed by atoms with Gasteiger partial charge in [0, 0.05) is 91.1 Å². The van der Waals surface area contributed by atoms with Crippen molar-refractivity contribution in [1.82, 2.24) is 34.9 Å². The van der Waals surface area contributed by atoms with Crippen molar-refractivity contribution in [1.29, 1.82) is 0 Å². The van der Waals surface area contributed by atoms with E-state index in [1.54, 1.807) is 0 Å². The second-order valence-corrected chi connectivity index (χ2v) is 39.7. The molecule has 18 aromatic carbocycles. The lowest BCUT2D eigenvalue weighted by Crippen LogP contribution is -2.37. The average Bonchev–Trinajstić information content (AvgIpc) is 1.51. The zero-order valence-corrected chi connectivity index (χ0v) is 80.1. The van der Waals surface area contributed by atoms with Crippen LogP contribution < -0.4 is 14.2 Å². The highest BCUT2D eigenvalue weighted by atomic mass is 16.5. The van der Waals surface area contributed by atoms with Gasteiger partial charge in [0.1, 0.15) is 34.5 Å². The average molecular weight is 1890 g/mol. The van der Waals surface area contributed by atoms with Gasteiger partial charge in [0.25, 0.3) is 0 Å². The molecule has 0 saturated heterocycles. The third kappa shape index (κ3) is 12.8. The van der Waals surface area contributed by atoms with E-state index in [4.69, 9.17) is 49.1 Å². The molecule has 0 bridgehead atoms. The van der Waals surface area contributed by atoms with E-state index in [1.165, 1.54) is 50.1 Å². The molecule has 3 aliphatic heterocycles. The summed E-state index contributed by atoms with van der Waals surface area (Å²) in [4.78, 5) is 38.2. The second kappa shape index (κ2) is 33.6. The summed E-state index contributed by atoms with van der Waals surface area (Å²) in [5.41, 5.74) is 36.1. The Bertz CT molecular complexity index is 9320. The number of rotatable bonds is 13. The molecule has 0 amide bonds. The lowest BCUT2D eigenvalue weighted by atomic mass is 9.61. The minimum Gasteiger partial charge on any atom is -0.456 e. The van der Waals surface area contributed by atoms with Crippen molar-refractivity contribution in [2.24, 2.45) is 11.8 Å². The first-order valence-electron chi connectivity index (χ1n) is 50.9. The third-order valence-electron chi connectivity index (χ3n) is 32.2. The van der Waals surface area contributed by atoms with Gasteiger partial charge in [-0.25, -0.2) is 29.9 Å². The van der Waals surface area contributed by atoms with Crippen LogP contribution in [0.2, 0.25) is 0 Å². The van der Waals surface area contributed by atoms with Gasteiger partial charge >= 0.3 is 0 Å². The molecule has 5 aliphatic carbocycles. The summed E-state index contributed by atoms with van der Waals surface area (Å²) < 4.78 is 22.1. The molecule has 4 aromatic heterocycles. The summed E-state index contributed by atoms with van der Waals surface area (Å²) in [6.07, 6.45) is 20.4. The molecule has 10 nitrogen and oxygen atoms in total. The quantitative estimate of drug-likeness (QED) is 0.110. The topological polar surface area (TPSA) is 118 Å². The zero-order chi connectivity index (χ0) is 97.3. The molecule has 0 radical (unpaired) electrons. The first kappa shape index (κ1) is 84.6. The van der Waals surface area contributed by atoms with E-state index < -0.39 is 16.2 Å². The van der Waals surface area contributed by atoms with E-state index in [0.29, 0.717) is 17.5 Å². The molecule has 6 unspecified atom stereocenters. The maximum atomic E-state index is 7.53. The predicted octanol–water partition coefficient (Wildman–Crippen LogP) is 33.3. The molecule has 6 atom stereocenters. The molecule has 30 rings (SSSR count). The number of fused-ring (bicyclic) bond motifs is 28. The minimum atomic E-state index is -0.713. The Morgan fingerprint density at radius 3 is 1.16 bits per heavy atom. The van der Waals surface area contributed by atoms with Crippen LogP contribution in [0, 0.1) is 11.8 Å². The van der Waals surface area contributed by atoms with Crippen LogP contribution in [-0.4, -0.2) is 34.9 Å². The molecule has 0 N–H and O–H groups in total. The lowest BCUT2D eigenvalue weighted by Gasteiger charge is -2.43. The number of hydrogen-bond acceptors (Lipinski definition) is 10. The van der Waals surface area contributed by atoms with Crippen molar-refractivity contribution in [3.8, 4) is 192 Å². The fourth-order valence-electron chi connectivity index (χ4n) is 26.0. The van der Waals surface area contributed by atoms with Crippen LogP contribution in [0.3, 0.4) is 0 Å². The smallest absolute Gasteiger partial charge is 0.164 e. The van der Waals surface area contributed by atoms with Crippen molar-refractivity contribution in [2.45, 2.75) is 28.1 Å². The molecule has 8 aliphatic rings. The Labute approximate surface area is 856 Å². The van der Waals surface area contributed by atoms with Gasteiger partial charge in [0.2, 0.25) is 0 Å². The van der Waals surface area contributed by atoms with Crippen molar-refractivity contribution in [3.63, 3.8) is 0 Å². The monoisotopic (exact) mass is 1890 g/mol. The summed E-state index contributed by atoms with van der Waals surface area (Å²) in [6, 6.07) is 161. The van der Waals surface area contributed by atoms with Crippen LogP contribution in [0.4, 0.5) is 0 Å². The summed E-state index contributed by atoms with van der Waals surface area (Å²) >= 11 is 0. The van der Waals surface area contributed by atoms with E-state index in [-0.39, 0.29) is 23.7 Å². The van der Waals surface area contributed by atoms with Gasteiger partial charge in [0.05, 0.1) is 72.8 Å². The summed E-state index contributed by atoms with van der Waals surface area (Å²) in [5, 5.41) is 2.15. The number of allylic oxidation sites excluding steroid dienone is 8. The van der Waals surface area contributed by atoms with Crippen LogP contribution in [0.15, 0.2) is 504 Å². The molecule has 0 saturated carbocycles. The highest BCUT2D eigenvalue weighted by Crippen LogP contribution is 2.70. The fourth-order valence-corrected chi connectivity index (χ4v) is 26.0. The number of hydrogen-bond donors (Lipinski definition) is 0. The van der Waals surface area contributed by atoms with Gasteiger partial charge in [-0.3, -0.25) is 4.98 Å². The van der Waals surface area contributed by atoms with Gasteiger partial charge < -0.3 is 14.2 Å². The van der Waals surface area contributed by atoms with E-state index in [0.717, 1.165) is 202 Å². The Kier molecular flexibility index (Phi) is 19.2. The van der Waals surface area contributed by atoms with Crippen LogP contribution in [0.25, 0.3) is 168 Å². The van der Waals surface area contributed by atoms with Crippen molar-refractivity contribution >= 4 is 10.8 Å². The zero-order valence-electron chi connectivity index (χ0n) is 80.1. The number of aromatic nitrogens is 7. The molecule has 22 aromatic rings. The highest BCUT2D eigenvalue weighted by Gasteiger charge is 2.60. The molecular formula is C138H87N7O3. The van der Waals surface area contributed by atoms with Crippen LogP contribution in [-0.2, 0) is 16.2 Å². The van der Waals surface area contributed by atoms with Gasteiger partial charge in [-0.2, -0.15) is 0 Å². The third-order valence-corrected chi connectivity index (χ3v) is 32.2. The first-order chi connectivity index (χ1) is 73.3. The number of ether oxygens (including phenoxy) is 3. The number of benzene rings is 18. The Hall–Kier alpha value is -19.0. The first-order valence-corrected chi connectivity index (χ1v) is 50.9. The van der Waals surface area contributed by atoms with E-state index in [9.17, 15) is 0 Å². The van der Waals surface area contributed by atoms with Crippen molar-refractivity contribution in [2.75, 3.05) is 0 Å². The Morgan fingerprint density at radius 2 is 0.574 bits per heavy atom. The Morgan fingerprint density at radius 1 is 0.203 bits per heavy atom. The summed E-state index contributed by atoms with van der Waals surface area (Å²) in [7, 11) is 0. The highest BCUT2D eigenvalue weighted by molar-refractivity contribution is 6.00. The van der Waals surface area contributed by atoms with Crippen LogP contribution in [0.5, 0.6) is 34.5 Å².